The molecule has 0 aromatic carbocycles. The van der Waals surface area contributed by atoms with E-state index in [-0.39, 0.29) is 5.91 Å². The lowest BCUT2D eigenvalue weighted by atomic mass is 10.3. The molecule has 0 aliphatic heterocycles. The zero-order valence-corrected chi connectivity index (χ0v) is 13.3. The molecule has 1 atom stereocenters. The van der Waals surface area contributed by atoms with Gasteiger partial charge in [-0.1, -0.05) is 17.7 Å². The Morgan fingerprint density at radius 2 is 2.40 bits per heavy atom. The number of hydrogen-bond donors (Lipinski definition) is 0. The molecule has 1 fully saturated rings. The molecule has 0 N–H and O–H groups in total. The molecular formula is C15H20ClNO2S. The summed E-state index contributed by atoms with van der Waals surface area (Å²) in [5.41, 5.74) is 0. The van der Waals surface area contributed by atoms with E-state index in [4.69, 9.17) is 16.3 Å². The third-order valence-corrected chi connectivity index (χ3v) is 4.48. The van der Waals surface area contributed by atoms with Crippen molar-refractivity contribution in [2.24, 2.45) is 5.92 Å². The molecule has 0 spiro atoms. The average molecular weight is 314 g/mol. The van der Waals surface area contributed by atoms with Crippen molar-refractivity contribution < 1.29 is 9.53 Å². The summed E-state index contributed by atoms with van der Waals surface area (Å²) in [6, 6.07) is 3.80. The summed E-state index contributed by atoms with van der Waals surface area (Å²) in [7, 11) is 0. The fraction of sp³-hybridized carbons (Fsp3) is 0.533. The highest BCUT2D eigenvalue weighted by atomic mass is 35.5. The highest BCUT2D eigenvalue weighted by molar-refractivity contribution is 7.16. The van der Waals surface area contributed by atoms with Gasteiger partial charge >= 0.3 is 0 Å². The van der Waals surface area contributed by atoms with Gasteiger partial charge in [0.25, 0.3) is 5.91 Å². The molecular weight excluding hydrogens is 294 g/mol. The minimum atomic E-state index is -0.397. The molecule has 1 unspecified atom stereocenters. The van der Waals surface area contributed by atoms with Crippen LogP contribution in [-0.4, -0.2) is 30.1 Å². The Labute approximate surface area is 129 Å². The lowest BCUT2D eigenvalue weighted by molar-refractivity contribution is -0.143. The molecule has 5 heteroatoms. The van der Waals surface area contributed by atoms with Gasteiger partial charge in [-0.15, -0.1) is 17.9 Å². The van der Waals surface area contributed by atoms with Crippen molar-refractivity contribution in [2.75, 3.05) is 13.2 Å². The van der Waals surface area contributed by atoms with E-state index < -0.39 is 6.10 Å². The fourth-order valence-electron chi connectivity index (χ4n) is 1.91. The Bertz CT molecular complexity index is 470. The lowest BCUT2D eigenvalue weighted by Crippen LogP contribution is -2.38. The number of thiophene rings is 1. The quantitative estimate of drug-likeness (QED) is 0.684. The number of halogens is 1. The Hall–Kier alpha value is -0.840. The average Bonchev–Trinajstić information content (AvgIpc) is 3.17. The van der Waals surface area contributed by atoms with Crippen molar-refractivity contribution in [3.05, 3.63) is 34.0 Å². The van der Waals surface area contributed by atoms with Gasteiger partial charge in [0.2, 0.25) is 0 Å². The molecule has 1 saturated carbocycles. The number of carbonyl (C=O) groups excluding carboxylic acids is 1. The number of hydrogen-bond acceptors (Lipinski definition) is 3. The molecule has 3 nitrogen and oxygen atoms in total. The van der Waals surface area contributed by atoms with Crippen LogP contribution in [0.15, 0.2) is 24.8 Å². The van der Waals surface area contributed by atoms with E-state index in [0.717, 1.165) is 9.21 Å². The van der Waals surface area contributed by atoms with E-state index in [2.05, 4.69) is 6.58 Å². The Morgan fingerprint density at radius 3 is 2.95 bits per heavy atom. The number of rotatable bonds is 8. The maximum atomic E-state index is 12.4. The van der Waals surface area contributed by atoms with Crippen molar-refractivity contribution in [2.45, 2.75) is 32.4 Å². The predicted octanol–water partition coefficient (Wildman–Crippen LogP) is 3.73. The highest BCUT2D eigenvalue weighted by Crippen LogP contribution is 2.29. The summed E-state index contributed by atoms with van der Waals surface area (Å²) in [6.45, 7) is 7.31. The first kappa shape index (κ1) is 15.5. The van der Waals surface area contributed by atoms with Crippen LogP contribution in [0.4, 0.5) is 0 Å². The highest BCUT2D eigenvalue weighted by Gasteiger charge is 2.26. The van der Waals surface area contributed by atoms with E-state index in [1.807, 2.05) is 19.1 Å². The Kier molecular flexibility index (Phi) is 5.64. The van der Waals surface area contributed by atoms with Gasteiger partial charge < -0.3 is 9.64 Å². The van der Waals surface area contributed by atoms with Crippen LogP contribution in [0.3, 0.4) is 0 Å². The van der Waals surface area contributed by atoms with Crippen molar-refractivity contribution in [1.29, 1.82) is 0 Å². The molecule has 1 aromatic rings. The van der Waals surface area contributed by atoms with Crippen molar-refractivity contribution in [1.82, 2.24) is 4.90 Å². The number of nitrogens with zero attached hydrogens (tertiary/aromatic N) is 1. The molecule has 0 radical (unpaired) electrons. The molecule has 1 heterocycles. The standard InChI is InChI=1S/C15H20ClNO2S/c1-3-8-17(9-13-6-7-14(16)20-13)15(18)11(2)19-10-12-4-5-12/h3,6-7,11-12H,1,4-5,8-10H2,2H3. The minimum Gasteiger partial charge on any atom is -0.368 e. The van der Waals surface area contributed by atoms with Crippen LogP contribution in [-0.2, 0) is 16.1 Å². The summed E-state index contributed by atoms with van der Waals surface area (Å²) in [4.78, 5) is 15.2. The Morgan fingerprint density at radius 1 is 1.65 bits per heavy atom. The smallest absolute Gasteiger partial charge is 0.252 e. The van der Waals surface area contributed by atoms with Gasteiger partial charge in [0.1, 0.15) is 6.10 Å². The van der Waals surface area contributed by atoms with Gasteiger partial charge in [-0.25, -0.2) is 0 Å². The fourth-order valence-corrected chi connectivity index (χ4v) is 3.01. The maximum absolute atomic E-state index is 12.4. The van der Waals surface area contributed by atoms with Crippen LogP contribution < -0.4 is 0 Å². The molecule has 2 rings (SSSR count). The SMILES string of the molecule is C=CCN(Cc1ccc(Cl)s1)C(=O)C(C)OCC1CC1. The third-order valence-electron chi connectivity index (χ3n) is 3.26. The van der Waals surface area contributed by atoms with Crippen LogP contribution >= 0.6 is 22.9 Å². The second kappa shape index (κ2) is 7.25. The molecule has 1 amide bonds. The van der Waals surface area contributed by atoms with Gasteiger partial charge in [-0.05, 0) is 37.8 Å². The maximum Gasteiger partial charge on any atom is 0.252 e. The molecule has 0 bridgehead atoms. The Balaban J connectivity index is 1.91. The van der Waals surface area contributed by atoms with Crippen molar-refractivity contribution >= 4 is 28.8 Å². The van der Waals surface area contributed by atoms with E-state index in [1.54, 1.807) is 11.0 Å². The first-order valence-electron chi connectivity index (χ1n) is 6.85. The monoisotopic (exact) mass is 313 g/mol. The van der Waals surface area contributed by atoms with E-state index >= 15 is 0 Å². The van der Waals surface area contributed by atoms with E-state index in [1.165, 1.54) is 24.2 Å². The van der Waals surface area contributed by atoms with E-state index in [9.17, 15) is 4.79 Å². The number of ether oxygens (including phenoxy) is 1. The minimum absolute atomic E-state index is 0.00933. The van der Waals surface area contributed by atoms with Gasteiger partial charge in [0.05, 0.1) is 17.5 Å². The van der Waals surface area contributed by atoms with E-state index in [0.29, 0.717) is 25.6 Å². The number of amides is 1. The topological polar surface area (TPSA) is 29.5 Å². The van der Waals surface area contributed by atoms with Gasteiger partial charge in [-0.3, -0.25) is 4.79 Å². The largest absolute Gasteiger partial charge is 0.368 e. The number of carbonyl (C=O) groups is 1. The van der Waals surface area contributed by atoms with Crippen LogP contribution in [0.2, 0.25) is 4.34 Å². The van der Waals surface area contributed by atoms with Crippen molar-refractivity contribution in [3.63, 3.8) is 0 Å². The molecule has 1 aliphatic carbocycles. The summed E-state index contributed by atoms with van der Waals surface area (Å²) >= 11 is 7.42. The first-order chi connectivity index (χ1) is 9.60. The third kappa shape index (κ3) is 4.62. The summed E-state index contributed by atoms with van der Waals surface area (Å²) in [5, 5.41) is 0. The predicted molar refractivity (Wildman–Crippen MR) is 83.1 cm³/mol. The van der Waals surface area contributed by atoms with Gasteiger partial charge in [-0.2, -0.15) is 0 Å². The zero-order chi connectivity index (χ0) is 14.5. The second-order valence-electron chi connectivity index (χ2n) is 5.13. The van der Waals surface area contributed by atoms with Crippen molar-refractivity contribution in [3.8, 4) is 0 Å². The summed E-state index contributed by atoms with van der Waals surface area (Å²) < 4.78 is 6.39. The van der Waals surface area contributed by atoms with Crippen LogP contribution in [0.1, 0.15) is 24.6 Å². The molecule has 1 aliphatic rings. The van der Waals surface area contributed by atoms with Crippen LogP contribution in [0.5, 0.6) is 0 Å². The first-order valence-corrected chi connectivity index (χ1v) is 8.05. The zero-order valence-electron chi connectivity index (χ0n) is 11.7. The summed E-state index contributed by atoms with van der Waals surface area (Å²) in [6.07, 6.45) is 3.79. The second-order valence-corrected chi connectivity index (χ2v) is 6.93. The molecule has 20 heavy (non-hydrogen) atoms. The summed E-state index contributed by atoms with van der Waals surface area (Å²) in [5.74, 6) is 0.671. The lowest BCUT2D eigenvalue weighted by Gasteiger charge is -2.24. The molecule has 0 saturated heterocycles. The van der Waals surface area contributed by atoms with Gasteiger partial charge in [0, 0.05) is 11.4 Å². The van der Waals surface area contributed by atoms with Gasteiger partial charge in [0.15, 0.2) is 0 Å². The molecule has 1 aromatic heterocycles. The molecule has 110 valence electrons. The normalized spacial score (nSPS) is 15.9. The van der Waals surface area contributed by atoms with Crippen LogP contribution in [0, 0.1) is 5.92 Å². The van der Waals surface area contributed by atoms with Crippen LogP contribution in [0.25, 0.3) is 0 Å².